The van der Waals surface area contributed by atoms with Crippen molar-refractivity contribution in [2.75, 3.05) is 6.61 Å². The van der Waals surface area contributed by atoms with Gasteiger partial charge in [-0.05, 0) is 17.9 Å². The highest BCUT2D eigenvalue weighted by atomic mass is 32.1. The number of nitrogens with zero attached hydrogens (tertiary/aromatic N) is 1. The van der Waals surface area contributed by atoms with Crippen molar-refractivity contribution in [2.45, 2.75) is 33.6 Å². The second kappa shape index (κ2) is 8.10. The SMILES string of the molecule is CCOC(=O)c1c(-c2ccccc2)csc1/N=C/C1=C(O)CC(C)(C)CC1=O. The highest BCUT2D eigenvalue weighted by Crippen LogP contribution is 2.39. The predicted molar refractivity (Wildman–Crippen MR) is 112 cm³/mol. The van der Waals surface area contributed by atoms with Gasteiger partial charge in [-0.2, -0.15) is 0 Å². The average Bonchev–Trinajstić information content (AvgIpc) is 3.05. The van der Waals surface area contributed by atoms with Crippen LogP contribution in [0.25, 0.3) is 11.1 Å². The summed E-state index contributed by atoms with van der Waals surface area (Å²) in [4.78, 5) is 29.3. The van der Waals surface area contributed by atoms with E-state index in [1.165, 1.54) is 17.6 Å². The molecule has 1 heterocycles. The Labute approximate surface area is 168 Å². The van der Waals surface area contributed by atoms with Crippen molar-refractivity contribution in [3.8, 4) is 11.1 Å². The third kappa shape index (κ3) is 4.22. The molecule has 0 aliphatic heterocycles. The number of hydrogen-bond donors (Lipinski definition) is 1. The van der Waals surface area contributed by atoms with Gasteiger partial charge < -0.3 is 9.84 Å². The summed E-state index contributed by atoms with van der Waals surface area (Å²) < 4.78 is 5.22. The third-order valence-electron chi connectivity index (χ3n) is 4.54. The molecule has 1 aliphatic rings. The Hall–Kier alpha value is -2.73. The predicted octanol–water partition coefficient (Wildman–Crippen LogP) is 5.50. The van der Waals surface area contributed by atoms with Gasteiger partial charge in [-0.25, -0.2) is 9.79 Å². The van der Waals surface area contributed by atoms with Crippen molar-refractivity contribution in [2.24, 2.45) is 10.4 Å². The largest absolute Gasteiger partial charge is 0.511 e. The molecular formula is C22H23NO4S. The van der Waals surface area contributed by atoms with Crippen molar-refractivity contribution in [1.29, 1.82) is 0 Å². The topological polar surface area (TPSA) is 76.0 Å². The summed E-state index contributed by atoms with van der Waals surface area (Å²) in [5.41, 5.74) is 1.95. The second-order valence-electron chi connectivity index (χ2n) is 7.48. The number of benzene rings is 1. The molecule has 0 radical (unpaired) electrons. The number of hydrogen-bond acceptors (Lipinski definition) is 6. The lowest BCUT2D eigenvalue weighted by Gasteiger charge is -2.28. The lowest BCUT2D eigenvalue weighted by molar-refractivity contribution is -0.117. The maximum absolute atomic E-state index is 12.6. The zero-order chi connectivity index (χ0) is 20.3. The van der Waals surface area contributed by atoms with E-state index in [0.29, 0.717) is 23.4 Å². The number of thiophene rings is 1. The molecule has 0 atom stereocenters. The van der Waals surface area contributed by atoms with Gasteiger partial charge in [0.1, 0.15) is 16.3 Å². The monoisotopic (exact) mass is 397 g/mol. The number of carbonyl (C=O) groups is 2. The lowest BCUT2D eigenvalue weighted by atomic mass is 9.77. The number of rotatable bonds is 5. The van der Waals surface area contributed by atoms with Crippen molar-refractivity contribution in [3.05, 3.63) is 52.6 Å². The first-order valence-electron chi connectivity index (χ1n) is 9.16. The number of allylic oxidation sites excluding steroid dienone is 2. The molecule has 28 heavy (non-hydrogen) atoms. The van der Waals surface area contributed by atoms with E-state index in [4.69, 9.17) is 4.74 Å². The van der Waals surface area contributed by atoms with Gasteiger partial charge in [0.25, 0.3) is 0 Å². The van der Waals surface area contributed by atoms with E-state index in [0.717, 1.165) is 11.1 Å². The summed E-state index contributed by atoms with van der Waals surface area (Å²) in [7, 11) is 0. The van der Waals surface area contributed by atoms with Gasteiger partial charge in [-0.1, -0.05) is 44.2 Å². The fourth-order valence-corrected chi connectivity index (χ4v) is 4.15. The molecule has 2 aromatic rings. The third-order valence-corrected chi connectivity index (χ3v) is 5.43. The molecule has 5 nitrogen and oxygen atoms in total. The normalized spacial score (nSPS) is 16.6. The van der Waals surface area contributed by atoms with Crippen LogP contribution in [0.4, 0.5) is 5.00 Å². The maximum Gasteiger partial charge on any atom is 0.341 e. The zero-order valence-corrected chi connectivity index (χ0v) is 17.0. The number of esters is 1. The number of Topliss-reactive ketones (excluding diaryl/α,β-unsaturated/α-hetero) is 1. The number of carbonyl (C=O) groups excluding carboxylic acids is 2. The van der Waals surface area contributed by atoms with Crippen LogP contribution in [-0.4, -0.2) is 29.7 Å². The van der Waals surface area contributed by atoms with Crippen molar-refractivity contribution in [3.63, 3.8) is 0 Å². The molecule has 0 amide bonds. The van der Waals surface area contributed by atoms with Crippen LogP contribution in [0.1, 0.15) is 44.0 Å². The molecule has 0 fully saturated rings. The fourth-order valence-electron chi connectivity index (χ4n) is 3.24. The maximum atomic E-state index is 12.6. The molecule has 0 bridgehead atoms. The molecule has 0 spiro atoms. The molecule has 6 heteroatoms. The molecule has 0 saturated carbocycles. The van der Waals surface area contributed by atoms with E-state index in [1.54, 1.807) is 6.92 Å². The minimum atomic E-state index is -0.455. The van der Waals surface area contributed by atoms with E-state index in [9.17, 15) is 14.7 Å². The van der Waals surface area contributed by atoms with Crippen LogP contribution < -0.4 is 0 Å². The van der Waals surface area contributed by atoms with Crippen molar-refractivity contribution < 1.29 is 19.4 Å². The smallest absolute Gasteiger partial charge is 0.341 e. The van der Waals surface area contributed by atoms with Gasteiger partial charge in [-0.15, -0.1) is 11.3 Å². The van der Waals surface area contributed by atoms with Crippen molar-refractivity contribution in [1.82, 2.24) is 0 Å². The number of aliphatic hydroxyl groups excluding tert-OH is 1. The van der Waals surface area contributed by atoms with Gasteiger partial charge >= 0.3 is 5.97 Å². The first-order chi connectivity index (χ1) is 13.3. The van der Waals surface area contributed by atoms with Gasteiger partial charge in [0.05, 0.1) is 12.2 Å². The Kier molecular flexibility index (Phi) is 5.79. The van der Waals surface area contributed by atoms with Crippen LogP contribution in [0.3, 0.4) is 0 Å². The van der Waals surface area contributed by atoms with Crippen LogP contribution in [-0.2, 0) is 9.53 Å². The Morgan fingerprint density at radius 2 is 2.00 bits per heavy atom. The summed E-state index contributed by atoms with van der Waals surface area (Å²) >= 11 is 1.30. The lowest BCUT2D eigenvalue weighted by Crippen LogP contribution is -2.26. The first kappa shape index (κ1) is 20.0. The quantitative estimate of drug-likeness (QED) is 0.534. The van der Waals surface area contributed by atoms with Crippen molar-refractivity contribution >= 4 is 34.3 Å². The summed E-state index contributed by atoms with van der Waals surface area (Å²) in [6.45, 7) is 5.89. The first-order valence-corrected chi connectivity index (χ1v) is 10.0. The van der Waals surface area contributed by atoms with E-state index in [2.05, 4.69) is 4.99 Å². The summed E-state index contributed by atoms with van der Waals surface area (Å²) in [5, 5.41) is 12.6. The van der Waals surface area contributed by atoms with E-state index in [-0.39, 0.29) is 29.1 Å². The number of ketones is 1. The highest BCUT2D eigenvalue weighted by molar-refractivity contribution is 7.14. The molecule has 1 aromatic heterocycles. The van der Waals surface area contributed by atoms with Gasteiger partial charge in [-0.3, -0.25) is 4.79 Å². The fraction of sp³-hybridized carbons (Fsp3) is 0.318. The Morgan fingerprint density at radius 3 is 2.64 bits per heavy atom. The van der Waals surface area contributed by atoms with Crippen LogP contribution >= 0.6 is 11.3 Å². The molecule has 146 valence electrons. The molecule has 0 unspecified atom stereocenters. The molecule has 3 rings (SSSR count). The van der Waals surface area contributed by atoms with Crippen LogP contribution in [0.15, 0.2) is 52.0 Å². The van der Waals surface area contributed by atoms with Crippen LogP contribution in [0, 0.1) is 5.41 Å². The van der Waals surface area contributed by atoms with E-state index < -0.39 is 5.97 Å². The summed E-state index contributed by atoms with van der Waals surface area (Å²) in [6.07, 6.45) is 2.14. The Morgan fingerprint density at radius 1 is 1.29 bits per heavy atom. The molecule has 1 aliphatic carbocycles. The average molecular weight is 397 g/mol. The minimum absolute atomic E-state index is 0.0440. The molecular weight excluding hydrogens is 374 g/mol. The van der Waals surface area contributed by atoms with Gasteiger partial charge in [0.15, 0.2) is 5.78 Å². The summed E-state index contributed by atoms with van der Waals surface area (Å²) in [6, 6.07) is 9.54. The molecule has 1 aromatic carbocycles. The van der Waals surface area contributed by atoms with E-state index >= 15 is 0 Å². The minimum Gasteiger partial charge on any atom is -0.511 e. The standard InChI is InChI=1S/C22H23NO4S/c1-4-27-21(26)19-16(14-8-6-5-7-9-14)13-28-20(19)23-12-15-17(24)10-22(2,3)11-18(15)25/h5-9,12-13,24H,4,10-11H2,1-3H3/b23-12+. The number of aliphatic imine (C=N–C) groups is 1. The zero-order valence-electron chi connectivity index (χ0n) is 16.2. The number of ether oxygens (including phenoxy) is 1. The molecule has 0 saturated heterocycles. The molecule has 1 N–H and O–H groups in total. The second-order valence-corrected chi connectivity index (χ2v) is 8.33. The van der Waals surface area contributed by atoms with Crippen LogP contribution in [0.5, 0.6) is 0 Å². The summed E-state index contributed by atoms with van der Waals surface area (Å²) in [5.74, 6) is -0.554. The van der Waals surface area contributed by atoms with Gasteiger partial charge in [0.2, 0.25) is 0 Å². The highest BCUT2D eigenvalue weighted by Gasteiger charge is 2.32. The Balaban J connectivity index is 2.01. The number of aliphatic hydroxyl groups is 1. The van der Waals surface area contributed by atoms with Gasteiger partial charge in [0, 0.05) is 30.0 Å². The Bertz CT molecular complexity index is 954. The van der Waals surface area contributed by atoms with Crippen LogP contribution in [0.2, 0.25) is 0 Å². The van der Waals surface area contributed by atoms with E-state index in [1.807, 2.05) is 49.6 Å².